The summed E-state index contributed by atoms with van der Waals surface area (Å²) in [7, 11) is 0. The Labute approximate surface area is 67.6 Å². The molecule has 2 rings (SSSR count). The van der Waals surface area contributed by atoms with Crippen molar-refractivity contribution in [2.75, 3.05) is 0 Å². The Morgan fingerprint density at radius 2 is 2.18 bits per heavy atom. The number of rotatable bonds is 0. The molecule has 0 heterocycles. The van der Waals surface area contributed by atoms with Gasteiger partial charge < -0.3 is 0 Å². The standard InChI is InChI=1S/C11H12/c1-2-6-10-8-4-5-9-11(10)7-3-1/h1-2,4-6,8-9,11H,3,7H2. The lowest BCUT2D eigenvalue weighted by Gasteiger charge is -2.13. The van der Waals surface area contributed by atoms with Crippen LogP contribution >= 0.6 is 0 Å². The van der Waals surface area contributed by atoms with Crippen molar-refractivity contribution in [2.24, 2.45) is 5.92 Å². The Morgan fingerprint density at radius 1 is 1.18 bits per heavy atom. The number of hydrogen-bond donors (Lipinski definition) is 0. The maximum absolute atomic E-state index is 2.29. The van der Waals surface area contributed by atoms with Crippen LogP contribution in [0, 0.1) is 5.92 Å². The molecule has 0 N–H and O–H groups in total. The quantitative estimate of drug-likeness (QED) is 0.490. The number of fused-ring (bicyclic) bond motifs is 1. The molecule has 0 nitrogen and oxygen atoms in total. The molecule has 0 aliphatic heterocycles. The van der Waals surface area contributed by atoms with Gasteiger partial charge in [0, 0.05) is 5.92 Å². The lowest BCUT2D eigenvalue weighted by Crippen LogP contribution is -1.99. The average Bonchev–Trinajstić information content (AvgIpc) is 2.28. The van der Waals surface area contributed by atoms with Crippen LogP contribution in [0.1, 0.15) is 12.8 Å². The van der Waals surface area contributed by atoms with Gasteiger partial charge in [0.2, 0.25) is 0 Å². The molecule has 2 aliphatic rings. The third kappa shape index (κ3) is 1.35. The Balaban J connectivity index is 2.28. The lowest BCUT2D eigenvalue weighted by molar-refractivity contribution is 0.699. The normalized spacial score (nSPS) is 27.6. The maximum Gasteiger partial charge on any atom is 0.00240 e. The molecule has 0 aromatic carbocycles. The van der Waals surface area contributed by atoms with Crippen LogP contribution in [0.15, 0.2) is 48.1 Å². The predicted octanol–water partition coefficient (Wildman–Crippen LogP) is 3.01. The van der Waals surface area contributed by atoms with E-state index in [0.29, 0.717) is 5.92 Å². The SMILES string of the molecule is C1=CCCC2C=CC=CC2=C1. The van der Waals surface area contributed by atoms with Crippen molar-refractivity contribution in [1.29, 1.82) is 0 Å². The summed E-state index contributed by atoms with van der Waals surface area (Å²) >= 11 is 0. The lowest BCUT2D eigenvalue weighted by atomic mass is 9.91. The van der Waals surface area contributed by atoms with E-state index in [1.807, 2.05) is 0 Å². The summed E-state index contributed by atoms with van der Waals surface area (Å²) in [6.07, 6.45) is 17.9. The van der Waals surface area contributed by atoms with E-state index < -0.39 is 0 Å². The van der Waals surface area contributed by atoms with Gasteiger partial charge in [-0.2, -0.15) is 0 Å². The summed E-state index contributed by atoms with van der Waals surface area (Å²) in [6, 6.07) is 0. The molecule has 0 saturated heterocycles. The van der Waals surface area contributed by atoms with Crippen molar-refractivity contribution in [3.8, 4) is 0 Å². The second-order valence-corrected chi connectivity index (χ2v) is 3.02. The fourth-order valence-electron chi connectivity index (χ4n) is 1.59. The Hall–Kier alpha value is -1.04. The first-order valence-corrected chi connectivity index (χ1v) is 4.18. The van der Waals surface area contributed by atoms with Gasteiger partial charge >= 0.3 is 0 Å². The van der Waals surface area contributed by atoms with Crippen molar-refractivity contribution in [3.63, 3.8) is 0 Å². The van der Waals surface area contributed by atoms with E-state index in [1.165, 1.54) is 18.4 Å². The van der Waals surface area contributed by atoms with Gasteiger partial charge in [-0.25, -0.2) is 0 Å². The van der Waals surface area contributed by atoms with Gasteiger partial charge in [-0.15, -0.1) is 0 Å². The van der Waals surface area contributed by atoms with E-state index in [0.717, 1.165) is 0 Å². The number of hydrogen-bond acceptors (Lipinski definition) is 0. The second-order valence-electron chi connectivity index (χ2n) is 3.02. The zero-order valence-electron chi connectivity index (χ0n) is 6.53. The minimum absolute atomic E-state index is 0.676. The first-order chi connectivity index (χ1) is 5.47. The molecule has 0 radical (unpaired) electrons. The van der Waals surface area contributed by atoms with E-state index in [4.69, 9.17) is 0 Å². The first kappa shape index (κ1) is 6.66. The van der Waals surface area contributed by atoms with Gasteiger partial charge in [0.15, 0.2) is 0 Å². The molecule has 1 atom stereocenters. The summed E-state index contributed by atoms with van der Waals surface area (Å²) < 4.78 is 0. The molecule has 0 aromatic rings. The molecule has 11 heavy (non-hydrogen) atoms. The van der Waals surface area contributed by atoms with Crippen LogP contribution in [0.2, 0.25) is 0 Å². The highest BCUT2D eigenvalue weighted by Crippen LogP contribution is 2.25. The average molecular weight is 144 g/mol. The second kappa shape index (κ2) is 2.91. The van der Waals surface area contributed by atoms with E-state index >= 15 is 0 Å². The monoisotopic (exact) mass is 144 g/mol. The summed E-state index contributed by atoms with van der Waals surface area (Å²) in [4.78, 5) is 0. The summed E-state index contributed by atoms with van der Waals surface area (Å²) in [6.45, 7) is 0. The van der Waals surface area contributed by atoms with Gasteiger partial charge in [0.25, 0.3) is 0 Å². The van der Waals surface area contributed by atoms with Gasteiger partial charge in [-0.05, 0) is 18.4 Å². The summed E-state index contributed by atoms with van der Waals surface area (Å²) in [5.74, 6) is 0.676. The van der Waals surface area contributed by atoms with Crippen molar-refractivity contribution in [2.45, 2.75) is 12.8 Å². The van der Waals surface area contributed by atoms with E-state index in [2.05, 4.69) is 42.5 Å². The van der Waals surface area contributed by atoms with Crippen molar-refractivity contribution < 1.29 is 0 Å². The predicted molar refractivity (Wildman–Crippen MR) is 48.2 cm³/mol. The minimum atomic E-state index is 0.676. The van der Waals surface area contributed by atoms with Crippen LogP contribution in [-0.4, -0.2) is 0 Å². The molecular formula is C11H12. The molecule has 0 amide bonds. The van der Waals surface area contributed by atoms with Crippen LogP contribution in [0.25, 0.3) is 0 Å². The van der Waals surface area contributed by atoms with Crippen LogP contribution in [-0.2, 0) is 0 Å². The van der Waals surface area contributed by atoms with E-state index in [-0.39, 0.29) is 0 Å². The molecule has 0 heteroatoms. The third-order valence-electron chi connectivity index (χ3n) is 2.24. The van der Waals surface area contributed by atoms with Gasteiger partial charge in [-0.1, -0.05) is 42.5 Å². The van der Waals surface area contributed by atoms with Crippen molar-refractivity contribution in [3.05, 3.63) is 48.1 Å². The van der Waals surface area contributed by atoms with Crippen molar-refractivity contribution in [1.82, 2.24) is 0 Å². The molecule has 0 aromatic heterocycles. The zero-order chi connectivity index (χ0) is 7.52. The highest BCUT2D eigenvalue weighted by Gasteiger charge is 2.10. The first-order valence-electron chi connectivity index (χ1n) is 4.18. The Bertz CT molecular complexity index is 251. The molecule has 0 bridgehead atoms. The molecule has 1 unspecified atom stereocenters. The fraction of sp³-hybridized carbons (Fsp3) is 0.273. The Morgan fingerprint density at radius 3 is 3.18 bits per heavy atom. The van der Waals surface area contributed by atoms with Gasteiger partial charge in [0.05, 0.1) is 0 Å². The largest absolute Gasteiger partial charge is 0.0845 e. The maximum atomic E-state index is 2.29. The van der Waals surface area contributed by atoms with Crippen LogP contribution in [0.3, 0.4) is 0 Å². The smallest absolute Gasteiger partial charge is 0.00240 e. The van der Waals surface area contributed by atoms with Crippen LogP contribution in [0.4, 0.5) is 0 Å². The van der Waals surface area contributed by atoms with Crippen LogP contribution in [0.5, 0.6) is 0 Å². The van der Waals surface area contributed by atoms with Gasteiger partial charge in [0.1, 0.15) is 0 Å². The zero-order valence-corrected chi connectivity index (χ0v) is 6.53. The summed E-state index contributed by atoms with van der Waals surface area (Å²) in [5.41, 5.74) is 1.46. The molecule has 0 spiro atoms. The van der Waals surface area contributed by atoms with E-state index in [9.17, 15) is 0 Å². The molecular weight excluding hydrogens is 132 g/mol. The van der Waals surface area contributed by atoms with E-state index in [1.54, 1.807) is 0 Å². The molecule has 56 valence electrons. The molecule has 0 saturated carbocycles. The third-order valence-corrected chi connectivity index (χ3v) is 2.24. The summed E-state index contributed by atoms with van der Waals surface area (Å²) in [5, 5.41) is 0. The minimum Gasteiger partial charge on any atom is -0.0845 e. The van der Waals surface area contributed by atoms with Crippen LogP contribution < -0.4 is 0 Å². The highest BCUT2D eigenvalue weighted by atomic mass is 14.1. The highest BCUT2D eigenvalue weighted by molar-refractivity contribution is 5.36. The van der Waals surface area contributed by atoms with Crippen molar-refractivity contribution >= 4 is 0 Å². The number of allylic oxidation sites excluding steroid dienone is 8. The topological polar surface area (TPSA) is 0 Å². The molecule has 0 fully saturated rings. The molecule has 2 aliphatic carbocycles. The van der Waals surface area contributed by atoms with Gasteiger partial charge in [-0.3, -0.25) is 0 Å². The fourth-order valence-corrected chi connectivity index (χ4v) is 1.59. The Kier molecular flexibility index (Phi) is 1.76.